The SMILES string of the molecule is Cc1cccc(-c2nc(-c3ccc4c(c3)oc3cccc(-c5ccc(-c6ccccc6)cc5)c34)nc(-c3ccc(-c4ccc(C#N)cc4)c4ccccc34)n2)c1. The van der Waals surface area contributed by atoms with Gasteiger partial charge >= 0.3 is 0 Å². The van der Waals surface area contributed by atoms with Crippen molar-refractivity contribution in [3.8, 4) is 73.6 Å². The van der Waals surface area contributed by atoms with Crippen molar-refractivity contribution in [1.82, 2.24) is 15.0 Å². The van der Waals surface area contributed by atoms with E-state index in [1.807, 2.05) is 66.7 Å². The van der Waals surface area contributed by atoms with E-state index in [2.05, 4.69) is 122 Å². The molecule has 10 rings (SSSR count). The minimum Gasteiger partial charge on any atom is -0.456 e. The van der Waals surface area contributed by atoms with Gasteiger partial charge in [-0.05, 0) is 93.5 Å². The third-order valence-corrected chi connectivity index (χ3v) is 10.5. The predicted octanol–water partition coefficient (Wildman–Crippen LogP) is 13.1. The van der Waals surface area contributed by atoms with Gasteiger partial charge in [-0.25, -0.2) is 15.0 Å². The molecular weight excluding hydrogens is 685 g/mol. The van der Waals surface area contributed by atoms with Crippen LogP contribution in [-0.2, 0) is 0 Å². The van der Waals surface area contributed by atoms with Crippen LogP contribution in [0.15, 0.2) is 180 Å². The third kappa shape index (κ3) is 5.87. The highest BCUT2D eigenvalue weighted by Gasteiger charge is 2.19. The van der Waals surface area contributed by atoms with Gasteiger partial charge in [0.2, 0.25) is 0 Å². The molecule has 8 aromatic carbocycles. The molecule has 0 aliphatic carbocycles. The van der Waals surface area contributed by atoms with Crippen molar-refractivity contribution >= 4 is 32.7 Å². The van der Waals surface area contributed by atoms with E-state index in [1.54, 1.807) is 0 Å². The fourth-order valence-electron chi connectivity index (χ4n) is 7.69. The van der Waals surface area contributed by atoms with Crippen molar-refractivity contribution in [3.05, 3.63) is 187 Å². The maximum Gasteiger partial charge on any atom is 0.164 e. The van der Waals surface area contributed by atoms with E-state index < -0.39 is 0 Å². The molecule has 56 heavy (non-hydrogen) atoms. The Morgan fingerprint density at radius 2 is 0.982 bits per heavy atom. The van der Waals surface area contributed by atoms with Gasteiger partial charge in [-0.1, -0.05) is 139 Å². The maximum atomic E-state index is 9.36. The van der Waals surface area contributed by atoms with Gasteiger partial charge in [0.25, 0.3) is 0 Å². The number of nitrogens with zero attached hydrogens (tertiary/aromatic N) is 4. The summed E-state index contributed by atoms with van der Waals surface area (Å²) in [7, 11) is 0. The lowest BCUT2D eigenvalue weighted by Gasteiger charge is -2.13. The van der Waals surface area contributed by atoms with Gasteiger partial charge < -0.3 is 4.42 Å². The standard InChI is InChI=1S/C51H32N4O/c1-32-9-7-12-38(29-32)49-53-50(55-51(54-49)44-28-27-40(42-13-5-6-14-43(42)44)36-19-17-33(31-52)18-20-36)39-25-26-45-47(30-39)56-46-16-8-15-41(48(45)46)37-23-21-35(22-24-37)34-10-3-2-4-11-34/h2-30H,1H3. The van der Waals surface area contributed by atoms with Crippen LogP contribution < -0.4 is 0 Å². The summed E-state index contributed by atoms with van der Waals surface area (Å²) in [6.45, 7) is 2.07. The minimum absolute atomic E-state index is 0.561. The molecule has 0 saturated heterocycles. The number of benzene rings is 8. The molecule has 0 unspecified atom stereocenters. The fraction of sp³-hybridized carbons (Fsp3) is 0.0196. The van der Waals surface area contributed by atoms with Gasteiger partial charge in [-0.2, -0.15) is 5.26 Å². The zero-order chi connectivity index (χ0) is 37.6. The molecule has 0 saturated carbocycles. The van der Waals surface area contributed by atoms with Crippen molar-refractivity contribution in [2.75, 3.05) is 0 Å². The summed E-state index contributed by atoms with van der Waals surface area (Å²) >= 11 is 0. The topological polar surface area (TPSA) is 75.6 Å². The van der Waals surface area contributed by atoms with Crippen LogP contribution in [-0.4, -0.2) is 15.0 Å². The van der Waals surface area contributed by atoms with Crippen LogP contribution in [0.3, 0.4) is 0 Å². The van der Waals surface area contributed by atoms with Gasteiger partial charge in [0.05, 0.1) is 11.6 Å². The van der Waals surface area contributed by atoms with E-state index in [4.69, 9.17) is 19.4 Å². The van der Waals surface area contributed by atoms with E-state index in [1.165, 1.54) is 11.1 Å². The lowest BCUT2D eigenvalue weighted by atomic mass is 9.94. The van der Waals surface area contributed by atoms with Crippen molar-refractivity contribution < 1.29 is 4.42 Å². The van der Waals surface area contributed by atoms with E-state index in [0.717, 1.165) is 77.2 Å². The van der Waals surface area contributed by atoms with E-state index in [0.29, 0.717) is 23.0 Å². The first kappa shape index (κ1) is 32.9. The predicted molar refractivity (Wildman–Crippen MR) is 227 cm³/mol. The Morgan fingerprint density at radius 1 is 0.411 bits per heavy atom. The zero-order valence-electron chi connectivity index (χ0n) is 30.4. The summed E-state index contributed by atoms with van der Waals surface area (Å²) in [5.74, 6) is 1.74. The molecule has 0 atom stereocenters. The fourth-order valence-corrected chi connectivity index (χ4v) is 7.69. The van der Waals surface area contributed by atoms with E-state index >= 15 is 0 Å². The van der Waals surface area contributed by atoms with Crippen LogP contribution in [0.2, 0.25) is 0 Å². The van der Waals surface area contributed by atoms with Crippen LogP contribution in [0.25, 0.3) is 100 Å². The molecule has 0 N–H and O–H groups in total. The van der Waals surface area contributed by atoms with E-state index in [-0.39, 0.29) is 0 Å². The molecular formula is C51H32N4O. The van der Waals surface area contributed by atoms with Gasteiger partial charge in [0.15, 0.2) is 17.5 Å². The summed E-state index contributed by atoms with van der Waals surface area (Å²) < 4.78 is 6.55. The Hall–Kier alpha value is -7.68. The molecule has 0 bridgehead atoms. The number of aryl methyl sites for hydroxylation is 1. The van der Waals surface area contributed by atoms with Gasteiger partial charge in [-0.3, -0.25) is 0 Å². The first-order valence-corrected chi connectivity index (χ1v) is 18.6. The molecule has 0 spiro atoms. The average molecular weight is 717 g/mol. The van der Waals surface area contributed by atoms with Crippen LogP contribution in [0.1, 0.15) is 11.1 Å². The number of nitriles is 1. The van der Waals surface area contributed by atoms with Crippen LogP contribution >= 0.6 is 0 Å². The third-order valence-electron chi connectivity index (χ3n) is 10.5. The molecule has 0 amide bonds. The average Bonchev–Trinajstić information content (AvgIpc) is 3.65. The number of rotatable bonds is 6. The number of fused-ring (bicyclic) bond motifs is 4. The van der Waals surface area contributed by atoms with Gasteiger partial charge in [0, 0.05) is 27.5 Å². The lowest BCUT2D eigenvalue weighted by molar-refractivity contribution is 0.669. The highest BCUT2D eigenvalue weighted by Crippen LogP contribution is 2.40. The Bertz CT molecular complexity index is 3140. The highest BCUT2D eigenvalue weighted by molar-refractivity contribution is 6.13. The Kier molecular flexibility index (Phi) is 8.01. The largest absolute Gasteiger partial charge is 0.456 e. The number of furan rings is 1. The smallest absolute Gasteiger partial charge is 0.164 e. The second kappa shape index (κ2) is 13.6. The molecule has 2 heterocycles. The molecule has 10 aromatic rings. The summed E-state index contributed by atoms with van der Waals surface area (Å²) in [5.41, 5.74) is 12.7. The molecule has 5 heteroatoms. The normalized spacial score (nSPS) is 11.3. The quantitative estimate of drug-likeness (QED) is 0.171. The van der Waals surface area contributed by atoms with Crippen molar-refractivity contribution in [2.45, 2.75) is 6.92 Å². The molecule has 5 nitrogen and oxygen atoms in total. The second-order valence-corrected chi connectivity index (χ2v) is 14.0. The van der Waals surface area contributed by atoms with E-state index in [9.17, 15) is 5.26 Å². The Labute approximate surface area is 323 Å². The second-order valence-electron chi connectivity index (χ2n) is 14.0. The van der Waals surface area contributed by atoms with Crippen molar-refractivity contribution in [1.29, 1.82) is 5.26 Å². The molecule has 2 aromatic heterocycles. The molecule has 0 aliphatic rings. The summed E-state index contributed by atoms with van der Waals surface area (Å²) in [6.07, 6.45) is 0. The first-order chi connectivity index (χ1) is 27.6. The van der Waals surface area contributed by atoms with Crippen LogP contribution in [0.4, 0.5) is 0 Å². The summed E-state index contributed by atoms with van der Waals surface area (Å²) in [6, 6.07) is 62.3. The summed E-state index contributed by atoms with van der Waals surface area (Å²) in [5, 5.41) is 13.6. The Balaban J connectivity index is 1.10. The number of hydrogen-bond acceptors (Lipinski definition) is 5. The zero-order valence-corrected chi connectivity index (χ0v) is 30.4. The van der Waals surface area contributed by atoms with Crippen LogP contribution in [0.5, 0.6) is 0 Å². The van der Waals surface area contributed by atoms with Crippen molar-refractivity contribution in [2.24, 2.45) is 0 Å². The lowest BCUT2D eigenvalue weighted by Crippen LogP contribution is -2.01. The van der Waals surface area contributed by atoms with Crippen LogP contribution in [0, 0.1) is 18.3 Å². The molecule has 262 valence electrons. The first-order valence-electron chi connectivity index (χ1n) is 18.6. The molecule has 0 aliphatic heterocycles. The Morgan fingerprint density at radius 3 is 1.73 bits per heavy atom. The number of aromatic nitrogens is 3. The number of hydrogen-bond donors (Lipinski definition) is 0. The van der Waals surface area contributed by atoms with Gasteiger partial charge in [-0.15, -0.1) is 0 Å². The minimum atomic E-state index is 0.561. The van der Waals surface area contributed by atoms with Gasteiger partial charge in [0.1, 0.15) is 11.2 Å². The highest BCUT2D eigenvalue weighted by atomic mass is 16.3. The molecule has 0 fully saturated rings. The molecule has 0 radical (unpaired) electrons. The summed E-state index contributed by atoms with van der Waals surface area (Å²) in [4.78, 5) is 15.3. The maximum absolute atomic E-state index is 9.36. The van der Waals surface area contributed by atoms with Crippen molar-refractivity contribution in [3.63, 3.8) is 0 Å². The monoisotopic (exact) mass is 716 g/mol.